The second-order valence-corrected chi connectivity index (χ2v) is 5.12. The van der Waals surface area contributed by atoms with Crippen molar-refractivity contribution in [2.45, 2.75) is 32.7 Å². The topological polar surface area (TPSA) is 55.8 Å². The highest BCUT2D eigenvalue weighted by molar-refractivity contribution is 5.74. The Kier molecular flexibility index (Phi) is 4.56. The van der Waals surface area contributed by atoms with Crippen LogP contribution in [0.5, 0.6) is 0 Å². The molecule has 0 unspecified atom stereocenters. The lowest BCUT2D eigenvalue weighted by atomic mass is 9.91. The van der Waals surface area contributed by atoms with Gasteiger partial charge in [-0.2, -0.15) is 0 Å². The van der Waals surface area contributed by atoms with Gasteiger partial charge in [-0.15, -0.1) is 0 Å². The lowest BCUT2D eigenvalue weighted by Crippen LogP contribution is -2.34. The molecule has 0 radical (unpaired) electrons. The summed E-state index contributed by atoms with van der Waals surface area (Å²) in [5.41, 5.74) is 1.06. The van der Waals surface area contributed by atoms with Gasteiger partial charge in [0.25, 0.3) is 0 Å². The number of carbonyl (C=O) groups excluding carboxylic acids is 1. The van der Waals surface area contributed by atoms with Crippen LogP contribution in [-0.4, -0.2) is 29.9 Å². The van der Waals surface area contributed by atoms with E-state index in [2.05, 4.69) is 0 Å². The van der Waals surface area contributed by atoms with E-state index in [1.807, 2.05) is 44.2 Å². The van der Waals surface area contributed by atoms with Crippen LogP contribution in [0.15, 0.2) is 30.3 Å². The van der Waals surface area contributed by atoms with Gasteiger partial charge in [0.1, 0.15) is 12.2 Å². The molecule has 0 bridgehead atoms. The lowest BCUT2D eigenvalue weighted by Gasteiger charge is -2.21. The zero-order valence-electron chi connectivity index (χ0n) is 11.3. The first-order valence-corrected chi connectivity index (χ1v) is 6.60. The molecule has 0 aromatic heterocycles. The first kappa shape index (κ1) is 14.0. The number of hydrogen-bond acceptors (Lipinski definition) is 4. The second kappa shape index (κ2) is 6.17. The second-order valence-electron chi connectivity index (χ2n) is 5.12. The van der Waals surface area contributed by atoms with Crippen molar-refractivity contribution in [3.63, 3.8) is 0 Å². The fourth-order valence-electron chi connectivity index (χ4n) is 2.24. The van der Waals surface area contributed by atoms with E-state index in [4.69, 9.17) is 9.47 Å². The highest BCUT2D eigenvalue weighted by Gasteiger charge is 2.42. The zero-order chi connectivity index (χ0) is 13.8. The predicted octanol–water partition coefficient (Wildman–Crippen LogP) is 1.76. The first-order valence-electron chi connectivity index (χ1n) is 6.60. The zero-order valence-corrected chi connectivity index (χ0v) is 11.3. The largest absolute Gasteiger partial charge is 0.459 e. The van der Waals surface area contributed by atoms with Gasteiger partial charge in [0.2, 0.25) is 0 Å². The molecule has 1 aromatic carbocycles. The molecule has 1 saturated heterocycles. The lowest BCUT2D eigenvalue weighted by molar-refractivity contribution is -0.149. The Labute approximate surface area is 113 Å². The molecular weight excluding hydrogens is 244 g/mol. The Morgan fingerprint density at radius 2 is 2.00 bits per heavy atom. The third kappa shape index (κ3) is 3.33. The van der Waals surface area contributed by atoms with Crippen LogP contribution < -0.4 is 0 Å². The molecule has 1 aliphatic heterocycles. The van der Waals surface area contributed by atoms with Crippen LogP contribution in [-0.2, 0) is 20.9 Å². The summed E-state index contributed by atoms with van der Waals surface area (Å²) in [6.07, 6.45) is -1.23. The minimum atomic E-state index is -0.771. The van der Waals surface area contributed by atoms with E-state index in [1.54, 1.807) is 0 Å². The fourth-order valence-corrected chi connectivity index (χ4v) is 2.24. The minimum absolute atomic E-state index is 0.0165. The summed E-state index contributed by atoms with van der Waals surface area (Å²) < 4.78 is 10.7. The molecule has 0 saturated carbocycles. The molecule has 1 aliphatic rings. The molecule has 2 rings (SSSR count). The van der Waals surface area contributed by atoms with Crippen LogP contribution in [0.25, 0.3) is 0 Å². The van der Waals surface area contributed by atoms with Crippen molar-refractivity contribution in [3.05, 3.63) is 35.9 Å². The summed E-state index contributed by atoms with van der Waals surface area (Å²) in [7, 11) is 0. The molecule has 4 heteroatoms. The average molecular weight is 264 g/mol. The van der Waals surface area contributed by atoms with Gasteiger partial charge in [-0.3, -0.25) is 4.79 Å². The van der Waals surface area contributed by atoms with E-state index in [9.17, 15) is 9.90 Å². The molecule has 1 heterocycles. The van der Waals surface area contributed by atoms with Gasteiger partial charge in [-0.05, 0) is 5.56 Å². The van der Waals surface area contributed by atoms with Crippen LogP contribution in [0.2, 0.25) is 0 Å². The van der Waals surface area contributed by atoms with Crippen LogP contribution in [0, 0.1) is 11.8 Å². The van der Waals surface area contributed by atoms with Gasteiger partial charge in [-0.25, -0.2) is 0 Å². The van der Waals surface area contributed by atoms with E-state index in [0.29, 0.717) is 6.61 Å². The summed E-state index contributed by atoms with van der Waals surface area (Å²) in [5.74, 6) is -0.379. The maximum atomic E-state index is 11.4. The number of carbonyl (C=O) groups is 1. The Hall–Kier alpha value is -1.39. The smallest absolute Gasteiger partial charge is 0.309 e. The monoisotopic (exact) mass is 264 g/mol. The molecule has 0 aliphatic carbocycles. The number of rotatable bonds is 5. The van der Waals surface area contributed by atoms with E-state index < -0.39 is 12.2 Å². The number of hydrogen-bond donors (Lipinski definition) is 1. The summed E-state index contributed by atoms with van der Waals surface area (Å²) in [6.45, 7) is 4.36. The average Bonchev–Trinajstić information content (AvgIpc) is 2.68. The molecule has 4 atom stereocenters. The number of esters is 1. The fraction of sp³-hybridized carbons (Fsp3) is 0.533. The van der Waals surface area contributed by atoms with Crippen molar-refractivity contribution in [2.24, 2.45) is 11.8 Å². The standard InChI is InChI=1S/C15H20O4/c1-10-11(2)15(17)19-14(10)13(16)9-18-8-12-6-4-3-5-7-12/h3-7,10-11,13-14,16H,8-9H2,1-2H3/t10-,11-,13-,14+/m0/s1. The molecule has 0 spiro atoms. The highest BCUT2D eigenvalue weighted by Crippen LogP contribution is 2.29. The van der Waals surface area contributed by atoms with Gasteiger partial charge in [-0.1, -0.05) is 44.2 Å². The van der Waals surface area contributed by atoms with Crippen molar-refractivity contribution >= 4 is 5.97 Å². The maximum absolute atomic E-state index is 11.4. The summed E-state index contributed by atoms with van der Waals surface area (Å²) in [6, 6.07) is 9.76. The summed E-state index contributed by atoms with van der Waals surface area (Å²) in [4.78, 5) is 11.4. The van der Waals surface area contributed by atoms with Crippen molar-refractivity contribution in [1.29, 1.82) is 0 Å². The third-order valence-corrected chi connectivity index (χ3v) is 3.71. The quantitative estimate of drug-likeness (QED) is 0.823. The molecule has 0 amide bonds. The molecular formula is C15H20O4. The van der Waals surface area contributed by atoms with Crippen molar-refractivity contribution < 1.29 is 19.4 Å². The van der Waals surface area contributed by atoms with E-state index in [1.165, 1.54) is 0 Å². The highest BCUT2D eigenvalue weighted by atomic mass is 16.6. The molecule has 1 fully saturated rings. The Balaban J connectivity index is 1.79. The molecule has 1 N–H and O–H groups in total. The van der Waals surface area contributed by atoms with Crippen LogP contribution in [0.4, 0.5) is 0 Å². The molecule has 19 heavy (non-hydrogen) atoms. The summed E-state index contributed by atoms with van der Waals surface area (Å²) in [5, 5.41) is 10.0. The van der Waals surface area contributed by atoms with Crippen molar-refractivity contribution in [2.75, 3.05) is 6.61 Å². The molecule has 104 valence electrons. The van der Waals surface area contributed by atoms with Gasteiger partial charge in [0, 0.05) is 5.92 Å². The van der Waals surface area contributed by atoms with Gasteiger partial charge in [0.15, 0.2) is 0 Å². The molecule has 1 aromatic rings. The van der Waals surface area contributed by atoms with E-state index in [-0.39, 0.29) is 24.4 Å². The number of aliphatic hydroxyl groups is 1. The van der Waals surface area contributed by atoms with Gasteiger partial charge >= 0.3 is 5.97 Å². The number of ether oxygens (including phenoxy) is 2. The summed E-state index contributed by atoms with van der Waals surface area (Å²) >= 11 is 0. The van der Waals surface area contributed by atoms with Crippen LogP contribution >= 0.6 is 0 Å². The predicted molar refractivity (Wildman–Crippen MR) is 70.3 cm³/mol. The number of aliphatic hydroxyl groups excluding tert-OH is 1. The van der Waals surface area contributed by atoms with E-state index in [0.717, 1.165) is 5.56 Å². The normalized spacial score (nSPS) is 28.2. The van der Waals surface area contributed by atoms with Gasteiger partial charge in [0.05, 0.1) is 19.1 Å². The number of cyclic esters (lactones) is 1. The van der Waals surface area contributed by atoms with Gasteiger partial charge < -0.3 is 14.6 Å². The Morgan fingerprint density at radius 1 is 1.32 bits per heavy atom. The minimum Gasteiger partial charge on any atom is -0.459 e. The maximum Gasteiger partial charge on any atom is 0.309 e. The van der Waals surface area contributed by atoms with E-state index >= 15 is 0 Å². The van der Waals surface area contributed by atoms with Crippen LogP contribution in [0.3, 0.4) is 0 Å². The molecule has 4 nitrogen and oxygen atoms in total. The number of benzene rings is 1. The third-order valence-electron chi connectivity index (χ3n) is 3.71. The van der Waals surface area contributed by atoms with Crippen molar-refractivity contribution in [1.82, 2.24) is 0 Å². The Bertz CT molecular complexity index is 417. The first-order chi connectivity index (χ1) is 9.09. The SMILES string of the molecule is C[C@@H]1[C@H]([C@@H](O)COCc2ccccc2)OC(=O)[C@H]1C. The van der Waals surface area contributed by atoms with Crippen molar-refractivity contribution in [3.8, 4) is 0 Å². The Morgan fingerprint density at radius 3 is 2.58 bits per heavy atom. The van der Waals surface area contributed by atoms with Crippen LogP contribution in [0.1, 0.15) is 19.4 Å².